The molecule has 2 atom stereocenters. The van der Waals surface area contributed by atoms with Gasteiger partial charge in [0.1, 0.15) is 22.8 Å². The maximum absolute atomic E-state index is 14.6. The smallest absolute Gasteiger partial charge is 0.410 e. The Morgan fingerprint density at radius 1 is 1.12 bits per heavy atom. The normalized spacial score (nSPS) is 30.7. The third-order valence-corrected chi connectivity index (χ3v) is 7.70. The summed E-state index contributed by atoms with van der Waals surface area (Å²) in [5, 5.41) is 11.4. The first-order valence-electron chi connectivity index (χ1n) is 11.3. The molecule has 2 aliphatic heterocycles. The number of ether oxygens (including phenoxy) is 1. The van der Waals surface area contributed by atoms with Crippen LogP contribution in [-0.4, -0.2) is 58.8 Å². The molecule has 1 amide bonds. The molecule has 1 aromatic rings. The van der Waals surface area contributed by atoms with E-state index in [0.717, 1.165) is 25.0 Å². The lowest BCUT2D eigenvalue weighted by atomic mass is 9.59. The number of hydrogen-bond acceptors (Lipinski definition) is 4. The highest BCUT2D eigenvalue weighted by Gasteiger charge is 2.58. The predicted molar refractivity (Wildman–Crippen MR) is 118 cm³/mol. The minimum atomic E-state index is -1.60. The molecule has 2 saturated heterocycles. The van der Waals surface area contributed by atoms with Gasteiger partial charge in [-0.15, -0.1) is 0 Å². The fourth-order valence-electron chi connectivity index (χ4n) is 5.93. The van der Waals surface area contributed by atoms with Crippen molar-refractivity contribution in [1.29, 1.82) is 0 Å². The summed E-state index contributed by atoms with van der Waals surface area (Å²) in [6, 6.07) is 2.48. The standard InChI is InChI=1S/C24H33ClF2N2O3/c1-14-10-28(11-15(2)24(14,31)20-18(26)6-16(25)7-19(20)27)17-8-23(9-17)12-29(13-23)21(30)32-22(3,4)5/h6-7,14-15,17,31H,8-13H2,1-5H3. The summed E-state index contributed by atoms with van der Waals surface area (Å²) in [4.78, 5) is 16.3. The molecule has 3 fully saturated rings. The highest BCUT2D eigenvalue weighted by molar-refractivity contribution is 6.30. The van der Waals surface area contributed by atoms with Crippen LogP contribution in [0.5, 0.6) is 0 Å². The van der Waals surface area contributed by atoms with Crippen LogP contribution in [-0.2, 0) is 10.3 Å². The zero-order valence-corrected chi connectivity index (χ0v) is 20.2. The molecule has 1 spiro atoms. The predicted octanol–water partition coefficient (Wildman–Crippen LogP) is 4.79. The van der Waals surface area contributed by atoms with E-state index in [9.17, 15) is 18.7 Å². The molecule has 1 saturated carbocycles. The first-order valence-corrected chi connectivity index (χ1v) is 11.7. The molecule has 1 aromatic carbocycles. The van der Waals surface area contributed by atoms with E-state index in [1.54, 1.807) is 4.90 Å². The molecule has 0 radical (unpaired) electrons. The SMILES string of the molecule is CC1CN(C2CC3(C2)CN(C(=O)OC(C)(C)C)C3)CC(C)C1(O)c1c(F)cc(Cl)cc1F. The van der Waals surface area contributed by atoms with Crippen molar-refractivity contribution in [3.63, 3.8) is 0 Å². The van der Waals surface area contributed by atoms with E-state index in [1.807, 2.05) is 34.6 Å². The van der Waals surface area contributed by atoms with Crippen LogP contribution in [0.4, 0.5) is 13.6 Å². The van der Waals surface area contributed by atoms with Crippen LogP contribution in [0.2, 0.25) is 5.02 Å². The summed E-state index contributed by atoms with van der Waals surface area (Å²) in [5.74, 6) is -2.31. The fraction of sp³-hybridized carbons (Fsp3) is 0.708. The number of benzene rings is 1. The number of piperidine rings is 1. The Bertz CT molecular complexity index is 870. The first-order chi connectivity index (χ1) is 14.7. The molecule has 5 nitrogen and oxygen atoms in total. The quantitative estimate of drug-likeness (QED) is 0.675. The van der Waals surface area contributed by atoms with E-state index in [-0.39, 0.29) is 33.9 Å². The molecule has 2 unspecified atom stereocenters. The maximum Gasteiger partial charge on any atom is 0.410 e. The van der Waals surface area contributed by atoms with Crippen LogP contribution in [0.3, 0.4) is 0 Å². The second-order valence-electron chi connectivity index (χ2n) is 11.2. The third kappa shape index (κ3) is 4.01. The van der Waals surface area contributed by atoms with Crippen molar-refractivity contribution in [2.24, 2.45) is 17.3 Å². The van der Waals surface area contributed by atoms with Crippen LogP contribution in [0, 0.1) is 28.9 Å². The van der Waals surface area contributed by atoms with Gasteiger partial charge in [-0.2, -0.15) is 0 Å². The highest BCUT2D eigenvalue weighted by Crippen LogP contribution is 2.53. The lowest BCUT2D eigenvalue weighted by Crippen LogP contribution is -2.69. The molecular weight excluding hydrogens is 438 g/mol. The van der Waals surface area contributed by atoms with Crippen LogP contribution >= 0.6 is 11.6 Å². The van der Waals surface area contributed by atoms with Crippen molar-refractivity contribution in [2.75, 3.05) is 26.2 Å². The molecule has 8 heteroatoms. The monoisotopic (exact) mass is 470 g/mol. The molecule has 0 bridgehead atoms. The number of halogens is 3. The van der Waals surface area contributed by atoms with Gasteiger partial charge in [-0.1, -0.05) is 25.4 Å². The highest BCUT2D eigenvalue weighted by atomic mass is 35.5. The molecular formula is C24H33ClF2N2O3. The molecule has 2 heterocycles. The molecule has 1 N–H and O–H groups in total. The maximum atomic E-state index is 14.6. The van der Waals surface area contributed by atoms with Gasteiger partial charge in [-0.3, -0.25) is 4.90 Å². The topological polar surface area (TPSA) is 53.0 Å². The van der Waals surface area contributed by atoms with Crippen LogP contribution < -0.4 is 0 Å². The van der Waals surface area contributed by atoms with E-state index in [4.69, 9.17) is 16.3 Å². The van der Waals surface area contributed by atoms with Gasteiger partial charge in [0.15, 0.2) is 0 Å². The van der Waals surface area contributed by atoms with Crippen molar-refractivity contribution in [2.45, 2.75) is 64.7 Å². The molecule has 3 aliphatic rings. The Balaban J connectivity index is 1.38. The molecule has 0 aromatic heterocycles. The molecule has 4 rings (SSSR count). The number of rotatable bonds is 2. The van der Waals surface area contributed by atoms with Crippen molar-refractivity contribution in [3.8, 4) is 0 Å². The fourth-order valence-corrected chi connectivity index (χ4v) is 6.12. The summed E-state index contributed by atoms with van der Waals surface area (Å²) in [7, 11) is 0. The number of hydrogen-bond donors (Lipinski definition) is 1. The summed E-state index contributed by atoms with van der Waals surface area (Å²) < 4.78 is 34.7. The van der Waals surface area contributed by atoms with Crippen LogP contribution in [0.25, 0.3) is 0 Å². The lowest BCUT2D eigenvalue weighted by Gasteiger charge is -2.62. The zero-order valence-electron chi connectivity index (χ0n) is 19.4. The number of amides is 1. The average Bonchev–Trinajstić information content (AvgIpc) is 2.54. The van der Waals surface area contributed by atoms with Gasteiger partial charge in [-0.25, -0.2) is 13.6 Å². The number of carbonyl (C=O) groups is 1. The summed E-state index contributed by atoms with van der Waals surface area (Å²) in [6.07, 6.45) is 1.70. The van der Waals surface area contributed by atoms with Gasteiger partial charge in [-0.05, 0) is 45.7 Å². The Morgan fingerprint density at radius 2 is 1.62 bits per heavy atom. The summed E-state index contributed by atoms with van der Waals surface area (Å²) in [6.45, 7) is 11.8. The van der Waals surface area contributed by atoms with Crippen molar-refractivity contribution in [1.82, 2.24) is 9.80 Å². The van der Waals surface area contributed by atoms with Crippen molar-refractivity contribution >= 4 is 17.7 Å². The molecule has 32 heavy (non-hydrogen) atoms. The van der Waals surface area contributed by atoms with E-state index < -0.39 is 22.8 Å². The summed E-state index contributed by atoms with van der Waals surface area (Å²) in [5.41, 5.74) is -2.22. The summed E-state index contributed by atoms with van der Waals surface area (Å²) >= 11 is 5.78. The second-order valence-corrected chi connectivity index (χ2v) is 11.7. The van der Waals surface area contributed by atoms with Crippen LogP contribution in [0.1, 0.15) is 53.0 Å². The Labute approximate surface area is 193 Å². The number of likely N-dealkylation sites (tertiary alicyclic amines) is 2. The molecule has 178 valence electrons. The largest absolute Gasteiger partial charge is 0.444 e. The van der Waals surface area contributed by atoms with E-state index in [0.29, 0.717) is 32.2 Å². The Kier molecular flexibility index (Phi) is 5.79. The average molecular weight is 471 g/mol. The Hall–Kier alpha value is -1.44. The number of carbonyl (C=O) groups excluding carboxylic acids is 1. The van der Waals surface area contributed by atoms with E-state index >= 15 is 0 Å². The van der Waals surface area contributed by atoms with Gasteiger partial charge < -0.3 is 14.7 Å². The van der Waals surface area contributed by atoms with E-state index in [1.165, 1.54) is 0 Å². The van der Waals surface area contributed by atoms with Crippen LogP contribution in [0.15, 0.2) is 12.1 Å². The van der Waals surface area contributed by atoms with E-state index in [2.05, 4.69) is 4.90 Å². The first kappa shape index (κ1) is 23.7. The third-order valence-electron chi connectivity index (χ3n) is 7.48. The molecule has 1 aliphatic carbocycles. The van der Waals surface area contributed by atoms with Crippen molar-refractivity contribution < 1.29 is 23.4 Å². The minimum absolute atomic E-state index is 0.0224. The van der Waals surface area contributed by atoms with Gasteiger partial charge in [0.2, 0.25) is 0 Å². The van der Waals surface area contributed by atoms with Gasteiger partial charge >= 0.3 is 6.09 Å². The lowest BCUT2D eigenvalue weighted by molar-refractivity contribution is -0.158. The zero-order chi connectivity index (χ0) is 23.6. The van der Waals surface area contributed by atoms with Gasteiger partial charge in [0, 0.05) is 54.5 Å². The Morgan fingerprint density at radius 3 is 2.09 bits per heavy atom. The second kappa shape index (κ2) is 7.81. The van der Waals surface area contributed by atoms with Gasteiger partial charge in [0.25, 0.3) is 0 Å². The van der Waals surface area contributed by atoms with Crippen molar-refractivity contribution in [3.05, 3.63) is 34.4 Å². The van der Waals surface area contributed by atoms with Gasteiger partial charge in [0.05, 0.1) is 5.56 Å². The number of nitrogens with zero attached hydrogens (tertiary/aromatic N) is 2. The minimum Gasteiger partial charge on any atom is -0.444 e. The number of aliphatic hydroxyl groups is 1.